The van der Waals surface area contributed by atoms with Gasteiger partial charge in [-0.15, -0.1) is 5.10 Å². The molecule has 0 aliphatic carbocycles. The smallest absolute Gasteiger partial charge is 0.277 e. The fourth-order valence-electron chi connectivity index (χ4n) is 2.06. The van der Waals surface area contributed by atoms with Crippen molar-refractivity contribution in [2.75, 3.05) is 20.7 Å². The number of aromatic amines is 1. The van der Waals surface area contributed by atoms with Gasteiger partial charge in [-0.3, -0.25) is 4.79 Å². The predicted octanol–water partition coefficient (Wildman–Crippen LogP) is 1.25. The largest absolute Gasteiger partial charge is 0.476 e. The number of hydrazone groups is 1. The van der Waals surface area contributed by atoms with Gasteiger partial charge in [-0.2, -0.15) is 0 Å². The first-order valence-electron chi connectivity index (χ1n) is 6.57. The second-order valence-corrected chi connectivity index (χ2v) is 4.96. The fourth-order valence-corrected chi connectivity index (χ4v) is 2.06. The molecule has 0 spiro atoms. The van der Waals surface area contributed by atoms with Gasteiger partial charge in [0.15, 0.2) is 0 Å². The summed E-state index contributed by atoms with van der Waals surface area (Å²) in [5.74, 6) is 0.105. The van der Waals surface area contributed by atoms with E-state index in [2.05, 4.69) is 20.4 Å². The van der Waals surface area contributed by atoms with Crippen LogP contribution in [0, 0.1) is 6.92 Å². The van der Waals surface area contributed by atoms with E-state index in [1.807, 2.05) is 34.0 Å². The average molecular weight is 276 g/mol. The van der Waals surface area contributed by atoms with Crippen LogP contribution in [0.4, 0.5) is 0 Å². The fraction of sp³-hybridized carbons (Fsp3) is 0.429. The SMILES string of the molecule is CCOC1=NNC(=O)/C1=C/c1cc(CN(C)C)c(C)[nH]1. The number of nitrogens with zero attached hydrogens (tertiary/aromatic N) is 2. The van der Waals surface area contributed by atoms with Crippen molar-refractivity contribution < 1.29 is 9.53 Å². The van der Waals surface area contributed by atoms with E-state index in [1.165, 1.54) is 5.56 Å². The summed E-state index contributed by atoms with van der Waals surface area (Å²) in [6, 6.07) is 2.04. The Labute approximate surface area is 118 Å². The van der Waals surface area contributed by atoms with Gasteiger partial charge in [0, 0.05) is 17.9 Å². The van der Waals surface area contributed by atoms with Gasteiger partial charge in [0.25, 0.3) is 5.91 Å². The van der Waals surface area contributed by atoms with Gasteiger partial charge < -0.3 is 14.6 Å². The minimum Gasteiger partial charge on any atom is -0.476 e. The highest BCUT2D eigenvalue weighted by molar-refractivity contribution is 6.24. The molecule has 0 fully saturated rings. The number of aryl methyl sites for hydroxylation is 1. The highest BCUT2D eigenvalue weighted by Crippen LogP contribution is 2.17. The number of amides is 1. The molecule has 6 nitrogen and oxygen atoms in total. The van der Waals surface area contributed by atoms with Gasteiger partial charge in [-0.25, -0.2) is 5.43 Å². The Balaban J connectivity index is 2.26. The Morgan fingerprint density at radius 3 is 2.85 bits per heavy atom. The Kier molecular flexibility index (Phi) is 4.24. The molecule has 2 heterocycles. The van der Waals surface area contributed by atoms with Crippen molar-refractivity contribution >= 4 is 17.9 Å². The summed E-state index contributed by atoms with van der Waals surface area (Å²) in [5, 5.41) is 3.87. The lowest BCUT2D eigenvalue weighted by atomic mass is 10.2. The zero-order valence-corrected chi connectivity index (χ0v) is 12.3. The van der Waals surface area contributed by atoms with Gasteiger partial charge in [-0.05, 0) is 45.6 Å². The molecule has 108 valence electrons. The van der Waals surface area contributed by atoms with E-state index in [1.54, 1.807) is 6.08 Å². The minimum atomic E-state index is -0.241. The van der Waals surface area contributed by atoms with Crippen molar-refractivity contribution in [3.8, 4) is 0 Å². The number of nitrogens with one attached hydrogen (secondary N) is 2. The quantitative estimate of drug-likeness (QED) is 0.813. The van der Waals surface area contributed by atoms with E-state index < -0.39 is 0 Å². The van der Waals surface area contributed by atoms with E-state index >= 15 is 0 Å². The Hall–Kier alpha value is -2.08. The topological polar surface area (TPSA) is 69.7 Å². The van der Waals surface area contributed by atoms with Crippen LogP contribution in [0.15, 0.2) is 16.7 Å². The Morgan fingerprint density at radius 2 is 2.20 bits per heavy atom. The first kappa shape index (κ1) is 14.3. The van der Waals surface area contributed by atoms with Crippen molar-refractivity contribution in [2.24, 2.45) is 5.10 Å². The standard InChI is InChI=1S/C14H20N4O2/c1-5-20-14-12(13(19)16-17-14)7-11-6-10(8-18(3)4)9(2)15-11/h6-7,15H,5,8H2,1-4H3,(H,16,19)/b12-7-. The second kappa shape index (κ2) is 5.92. The summed E-state index contributed by atoms with van der Waals surface area (Å²) in [4.78, 5) is 17.1. The predicted molar refractivity (Wildman–Crippen MR) is 78.1 cm³/mol. The number of H-pyrrole nitrogens is 1. The summed E-state index contributed by atoms with van der Waals surface area (Å²) < 4.78 is 5.34. The third kappa shape index (κ3) is 3.08. The van der Waals surface area contributed by atoms with Crippen LogP contribution >= 0.6 is 0 Å². The molecule has 1 amide bonds. The van der Waals surface area contributed by atoms with E-state index in [0.717, 1.165) is 17.9 Å². The molecule has 0 bridgehead atoms. The highest BCUT2D eigenvalue weighted by Gasteiger charge is 2.24. The van der Waals surface area contributed by atoms with E-state index in [0.29, 0.717) is 18.1 Å². The summed E-state index contributed by atoms with van der Waals surface area (Å²) >= 11 is 0. The van der Waals surface area contributed by atoms with Crippen molar-refractivity contribution in [3.05, 3.63) is 28.6 Å². The Morgan fingerprint density at radius 1 is 1.45 bits per heavy atom. The first-order chi connectivity index (χ1) is 9.51. The summed E-state index contributed by atoms with van der Waals surface area (Å²) in [7, 11) is 4.05. The maximum atomic E-state index is 11.7. The molecule has 20 heavy (non-hydrogen) atoms. The molecule has 1 aromatic rings. The maximum absolute atomic E-state index is 11.7. The van der Waals surface area contributed by atoms with Crippen LogP contribution in [0.3, 0.4) is 0 Å². The molecule has 0 unspecified atom stereocenters. The molecule has 1 aromatic heterocycles. The number of aromatic nitrogens is 1. The third-order valence-electron chi connectivity index (χ3n) is 2.94. The molecule has 0 radical (unpaired) electrons. The lowest BCUT2D eigenvalue weighted by Gasteiger charge is -2.07. The van der Waals surface area contributed by atoms with Crippen molar-refractivity contribution in [3.63, 3.8) is 0 Å². The molecule has 0 aromatic carbocycles. The minimum absolute atomic E-state index is 0.241. The Bertz CT molecular complexity index is 570. The average Bonchev–Trinajstić information content (AvgIpc) is 2.87. The molecule has 0 saturated heterocycles. The summed E-state index contributed by atoms with van der Waals surface area (Å²) in [6.45, 7) is 5.20. The highest BCUT2D eigenvalue weighted by atomic mass is 16.5. The van der Waals surface area contributed by atoms with E-state index in [-0.39, 0.29) is 5.91 Å². The van der Waals surface area contributed by atoms with Gasteiger partial charge in [0.2, 0.25) is 5.90 Å². The molecule has 1 aliphatic heterocycles. The van der Waals surface area contributed by atoms with Crippen molar-refractivity contribution in [2.45, 2.75) is 20.4 Å². The zero-order chi connectivity index (χ0) is 14.7. The van der Waals surface area contributed by atoms with Crippen LogP contribution in [0.1, 0.15) is 23.9 Å². The van der Waals surface area contributed by atoms with Gasteiger partial charge in [-0.1, -0.05) is 0 Å². The van der Waals surface area contributed by atoms with Gasteiger partial charge in [0.05, 0.1) is 6.61 Å². The number of carbonyl (C=O) groups is 1. The van der Waals surface area contributed by atoms with Crippen LogP contribution in [0.25, 0.3) is 6.08 Å². The number of hydrogen-bond acceptors (Lipinski definition) is 4. The lowest BCUT2D eigenvalue weighted by Crippen LogP contribution is -2.14. The normalized spacial score (nSPS) is 16.8. The molecular formula is C14H20N4O2. The monoisotopic (exact) mass is 276 g/mol. The van der Waals surface area contributed by atoms with Crippen molar-refractivity contribution in [1.82, 2.24) is 15.3 Å². The second-order valence-electron chi connectivity index (χ2n) is 4.96. The number of carbonyl (C=O) groups excluding carboxylic acids is 1. The van der Waals surface area contributed by atoms with Crippen LogP contribution in [0.5, 0.6) is 0 Å². The molecule has 1 aliphatic rings. The van der Waals surface area contributed by atoms with Gasteiger partial charge in [0.1, 0.15) is 5.57 Å². The van der Waals surface area contributed by atoms with Crippen LogP contribution in [-0.4, -0.2) is 42.4 Å². The maximum Gasteiger partial charge on any atom is 0.277 e. The summed E-state index contributed by atoms with van der Waals surface area (Å²) in [6.07, 6.45) is 1.77. The van der Waals surface area contributed by atoms with Gasteiger partial charge >= 0.3 is 0 Å². The van der Waals surface area contributed by atoms with E-state index in [4.69, 9.17) is 4.74 Å². The summed E-state index contributed by atoms with van der Waals surface area (Å²) in [5.41, 5.74) is 6.03. The van der Waals surface area contributed by atoms with Crippen LogP contribution in [0.2, 0.25) is 0 Å². The number of hydrogen-bond donors (Lipinski definition) is 2. The zero-order valence-electron chi connectivity index (χ0n) is 12.3. The molecule has 0 saturated carbocycles. The molecule has 2 rings (SSSR count). The van der Waals surface area contributed by atoms with Crippen LogP contribution in [-0.2, 0) is 16.1 Å². The van der Waals surface area contributed by atoms with Crippen LogP contribution < -0.4 is 5.43 Å². The number of ether oxygens (including phenoxy) is 1. The lowest BCUT2D eigenvalue weighted by molar-refractivity contribution is -0.116. The number of rotatable bonds is 4. The van der Waals surface area contributed by atoms with E-state index in [9.17, 15) is 4.79 Å². The van der Waals surface area contributed by atoms with Crippen molar-refractivity contribution in [1.29, 1.82) is 0 Å². The first-order valence-corrected chi connectivity index (χ1v) is 6.57. The molecular weight excluding hydrogens is 256 g/mol. The molecule has 2 N–H and O–H groups in total. The molecule has 6 heteroatoms. The molecule has 0 atom stereocenters. The third-order valence-corrected chi connectivity index (χ3v) is 2.94.